The zero-order valence-corrected chi connectivity index (χ0v) is 18.4. The van der Waals surface area contributed by atoms with E-state index in [1.54, 1.807) is 48.2 Å². The molecule has 0 aromatic heterocycles. The molecule has 0 bridgehead atoms. The second-order valence-electron chi connectivity index (χ2n) is 6.96. The van der Waals surface area contributed by atoms with Crippen LogP contribution in [-0.2, 0) is 14.4 Å². The minimum Gasteiger partial charge on any atom is -0.492 e. The van der Waals surface area contributed by atoms with E-state index < -0.39 is 6.04 Å². The maximum atomic E-state index is 12.8. The van der Waals surface area contributed by atoms with Crippen molar-refractivity contribution >= 4 is 34.8 Å². The Hall–Kier alpha value is -3.39. The molecule has 2 aromatic carbocycles. The summed E-state index contributed by atoms with van der Waals surface area (Å²) in [5.74, 6) is -0.00877. The second-order valence-corrected chi connectivity index (χ2v) is 6.96. The van der Waals surface area contributed by atoms with Gasteiger partial charge in [-0.3, -0.25) is 19.3 Å². The van der Waals surface area contributed by atoms with Gasteiger partial charge in [0.2, 0.25) is 17.7 Å². The standard InChI is InChI=1S/C23H30N4O4/c1-5-27(15-22(29)25-19-13-11-18(12-14-19)24-17(4)28)16(3)23(30)26-20-9-7-8-10-21(20)31-6-2/h7-14,16H,5-6,15H2,1-4H3,(H,24,28)(H,25,29)(H,26,30). The monoisotopic (exact) mass is 426 g/mol. The van der Waals surface area contributed by atoms with Crippen LogP contribution in [0.2, 0.25) is 0 Å². The molecular formula is C23H30N4O4. The predicted molar refractivity (Wildman–Crippen MR) is 122 cm³/mol. The van der Waals surface area contributed by atoms with E-state index in [-0.39, 0.29) is 24.3 Å². The number of nitrogens with one attached hydrogen (secondary N) is 3. The molecule has 0 radical (unpaired) electrons. The Morgan fingerprint density at radius 3 is 2.13 bits per heavy atom. The van der Waals surface area contributed by atoms with Gasteiger partial charge in [0.05, 0.1) is 24.9 Å². The lowest BCUT2D eigenvalue weighted by atomic mass is 10.2. The highest BCUT2D eigenvalue weighted by molar-refractivity contribution is 5.97. The van der Waals surface area contributed by atoms with Crippen molar-refractivity contribution in [2.24, 2.45) is 0 Å². The number of likely N-dealkylation sites (N-methyl/N-ethyl adjacent to an activating group) is 1. The van der Waals surface area contributed by atoms with Crippen LogP contribution in [0.5, 0.6) is 5.75 Å². The van der Waals surface area contributed by atoms with Crippen molar-refractivity contribution in [3.8, 4) is 5.75 Å². The van der Waals surface area contributed by atoms with Crippen LogP contribution in [0.4, 0.5) is 17.1 Å². The van der Waals surface area contributed by atoms with Gasteiger partial charge >= 0.3 is 0 Å². The average Bonchev–Trinajstić information content (AvgIpc) is 2.74. The number of anilines is 3. The number of carbonyl (C=O) groups is 3. The molecule has 2 aromatic rings. The van der Waals surface area contributed by atoms with Crippen molar-refractivity contribution in [1.82, 2.24) is 4.90 Å². The molecule has 3 N–H and O–H groups in total. The highest BCUT2D eigenvalue weighted by atomic mass is 16.5. The first kappa shape index (κ1) is 23.9. The van der Waals surface area contributed by atoms with E-state index in [4.69, 9.17) is 4.74 Å². The predicted octanol–water partition coefficient (Wildman–Crippen LogP) is 3.33. The molecule has 0 spiro atoms. The van der Waals surface area contributed by atoms with Crippen LogP contribution in [0.25, 0.3) is 0 Å². The Morgan fingerprint density at radius 2 is 1.55 bits per heavy atom. The fraction of sp³-hybridized carbons (Fsp3) is 0.348. The summed E-state index contributed by atoms with van der Waals surface area (Å²) in [6.07, 6.45) is 0. The molecule has 0 saturated heterocycles. The molecule has 2 rings (SSSR count). The maximum Gasteiger partial charge on any atom is 0.241 e. The van der Waals surface area contributed by atoms with Crippen LogP contribution in [-0.4, -0.2) is 48.4 Å². The summed E-state index contributed by atoms with van der Waals surface area (Å²) in [6.45, 7) is 8.05. The van der Waals surface area contributed by atoms with Crippen LogP contribution < -0.4 is 20.7 Å². The van der Waals surface area contributed by atoms with Gasteiger partial charge in [-0.1, -0.05) is 19.1 Å². The molecule has 0 aliphatic carbocycles. The molecule has 166 valence electrons. The van der Waals surface area contributed by atoms with Crippen molar-refractivity contribution in [3.05, 3.63) is 48.5 Å². The fourth-order valence-corrected chi connectivity index (χ4v) is 3.00. The number of amides is 3. The lowest BCUT2D eigenvalue weighted by Crippen LogP contribution is -2.45. The Labute approximate surface area is 183 Å². The van der Waals surface area contributed by atoms with Gasteiger partial charge in [-0.25, -0.2) is 0 Å². The molecule has 0 aliphatic rings. The molecule has 8 heteroatoms. The van der Waals surface area contributed by atoms with E-state index >= 15 is 0 Å². The molecule has 31 heavy (non-hydrogen) atoms. The van der Waals surface area contributed by atoms with Crippen molar-refractivity contribution in [1.29, 1.82) is 0 Å². The summed E-state index contributed by atoms with van der Waals surface area (Å²) < 4.78 is 5.55. The van der Waals surface area contributed by atoms with E-state index in [1.807, 2.05) is 26.0 Å². The number of carbonyl (C=O) groups excluding carboxylic acids is 3. The third-order valence-corrected chi connectivity index (χ3v) is 4.61. The normalized spacial score (nSPS) is 11.5. The average molecular weight is 427 g/mol. The minimum absolute atomic E-state index is 0.0612. The van der Waals surface area contributed by atoms with Gasteiger partial charge in [0.1, 0.15) is 5.75 Å². The number of hydrogen-bond donors (Lipinski definition) is 3. The highest BCUT2D eigenvalue weighted by Gasteiger charge is 2.23. The van der Waals surface area contributed by atoms with Crippen molar-refractivity contribution < 1.29 is 19.1 Å². The summed E-state index contributed by atoms with van der Waals surface area (Å²) in [6, 6.07) is 13.6. The van der Waals surface area contributed by atoms with Crippen molar-refractivity contribution in [2.75, 3.05) is 35.6 Å². The SMILES string of the molecule is CCOc1ccccc1NC(=O)C(C)N(CC)CC(=O)Nc1ccc(NC(C)=O)cc1. The molecule has 1 atom stereocenters. The summed E-state index contributed by atoms with van der Waals surface area (Å²) in [4.78, 5) is 38.1. The molecular weight excluding hydrogens is 396 g/mol. The molecule has 0 aliphatic heterocycles. The van der Waals surface area contributed by atoms with Crippen LogP contribution in [0.1, 0.15) is 27.7 Å². The van der Waals surface area contributed by atoms with Crippen LogP contribution in [0.3, 0.4) is 0 Å². The summed E-state index contributed by atoms with van der Waals surface area (Å²) in [5.41, 5.74) is 1.86. The smallest absolute Gasteiger partial charge is 0.241 e. The Morgan fingerprint density at radius 1 is 0.935 bits per heavy atom. The van der Waals surface area contributed by atoms with E-state index in [0.29, 0.717) is 36.0 Å². The van der Waals surface area contributed by atoms with Gasteiger partial charge < -0.3 is 20.7 Å². The molecule has 0 heterocycles. The number of nitrogens with zero attached hydrogens (tertiary/aromatic N) is 1. The Bertz CT molecular complexity index is 899. The van der Waals surface area contributed by atoms with Gasteiger partial charge in [-0.15, -0.1) is 0 Å². The van der Waals surface area contributed by atoms with Crippen molar-refractivity contribution in [3.63, 3.8) is 0 Å². The fourth-order valence-electron chi connectivity index (χ4n) is 3.00. The number of ether oxygens (including phenoxy) is 1. The highest BCUT2D eigenvalue weighted by Crippen LogP contribution is 2.24. The van der Waals surface area contributed by atoms with Gasteiger partial charge in [0.15, 0.2) is 0 Å². The zero-order valence-electron chi connectivity index (χ0n) is 18.4. The Kier molecular flexibility index (Phi) is 9.02. The molecule has 8 nitrogen and oxygen atoms in total. The molecule has 0 fully saturated rings. The number of benzene rings is 2. The van der Waals surface area contributed by atoms with Gasteiger partial charge in [-0.2, -0.15) is 0 Å². The largest absolute Gasteiger partial charge is 0.492 e. The van der Waals surface area contributed by atoms with Gasteiger partial charge in [-0.05, 0) is 56.8 Å². The molecule has 0 saturated carbocycles. The zero-order chi connectivity index (χ0) is 22.8. The third kappa shape index (κ3) is 7.42. The lowest BCUT2D eigenvalue weighted by molar-refractivity contribution is -0.123. The number of hydrogen-bond acceptors (Lipinski definition) is 5. The Balaban J connectivity index is 1.95. The first-order chi connectivity index (χ1) is 14.8. The van der Waals surface area contributed by atoms with Crippen molar-refractivity contribution in [2.45, 2.75) is 33.7 Å². The second kappa shape index (κ2) is 11.7. The third-order valence-electron chi connectivity index (χ3n) is 4.61. The number of para-hydroxylation sites is 2. The van der Waals surface area contributed by atoms with Crippen LogP contribution in [0, 0.1) is 0 Å². The van der Waals surface area contributed by atoms with E-state index in [1.165, 1.54) is 6.92 Å². The first-order valence-corrected chi connectivity index (χ1v) is 10.3. The maximum absolute atomic E-state index is 12.8. The summed E-state index contributed by atoms with van der Waals surface area (Å²) in [5, 5.41) is 8.37. The van der Waals surface area contributed by atoms with Crippen LogP contribution >= 0.6 is 0 Å². The number of rotatable bonds is 10. The quantitative estimate of drug-likeness (QED) is 0.541. The first-order valence-electron chi connectivity index (χ1n) is 10.3. The van der Waals surface area contributed by atoms with E-state index in [2.05, 4.69) is 16.0 Å². The molecule has 1 unspecified atom stereocenters. The van der Waals surface area contributed by atoms with E-state index in [0.717, 1.165) is 0 Å². The van der Waals surface area contributed by atoms with E-state index in [9.17, 15) is 14.4 Å². The summed E-state index contributed by atoms with van der Waals surface area (Å²) >= 11 is 0. The van der Waals surface area contributed by atoms with Gasteiger partial charge in [0.25, 0.3) is 0 Å². The molecule has 3 amide bonds. The lowest BCUT2D eigenvalue weighted by Gasteiger charge is -2.26. The minimum atomic E-state index is -0.521. The van der Waals surface area contributed by atoms with Gasteiger partial charge in [0, 0.05) is 18.3 Å². The van der Waals surface area contributed by atoms with Crippen LogP contribution in [0.15, 0.2) is 48.5 Å². The topological polar surface area (TPSA) is 99.8 Å². The summed E-state index contributed by atoms with van der Waals surface area (Å²) in [7, 11) is 0.